The molecule has 1 fully saturated rings. The minimum absolute atomic E-state index is 0.417. The van der Waals surface area contributed by atoms with Crippen LogP contribution in [0.5, 0.6) is 11.5 Å². The van der Waals surface area contributed by atoms with Crippen molar-refractivity contribution >= 4 is 0 Å². The first-order chi connectivity index (χ1) is 8.80. The molecule has 1 aliphatic heterocycles. The summed E-state index contributed by atoms with van der Waals surface area (Å²) >= 11 is 0. The second-order valence-corrected chi connectivity index (χ2v) is 4.50. The number of hydrogen-bond acceptors (Lipinski definition) is 4. The van der Waals surface area contributed by atoms with E-state index in [1.165, 1.54) is 18.4 Å². The standard InChI is InChI=1S/C14H21NO3/c1-16-9-11-7-10(12-5-4-6-15-12)8-13(17-2)14(11)18-3/h7-8,12,15H,4-6,9H2,1-3H3. The number of benzene rings is 1. The molecule has 0 radical (unpaired) electrons. The third-order valence-electron chi connectivity index (χ3n) is 3.34. The summed E-state index contributed by atoms with van der Waals surface area (Å²) in [5.41, 5.74) is 2.28. The summed E-state index contributed by atoms with van der Waals surface area (Å²) in [4.78, 5) is 0. The van der Waals surface area contributed by atoms with Gasteiger partial charge in [0.15, 0.2) is 11.5 Å². The van der Waals surface area contributed by atoms with Crippen LogP contribution in [0.25, 0.3) is 0 Å². The van der Waals surface area contributed by atoms with Gasteiger partial charge in [0, 0.05) is 18.7 Å². The lowest BCUT2D eigenvalue weighted by Crippen LogP contribution is -2.13. The van der Waals surface area contributed by atoms with E-state index in [-0.39, 0.29) is 0 Å². The highest BCUT2D eigenvalue weighted by atomic mass is 16.5. The Morgan fingerprint density at radius 1 is 1.22 bits per heavy atom. The molecule has 1 aromatic carbocycles. The molecule has 1 heterocycles. The maximum absolute atomic E-state index is 5.42. The molecule has 0 aliphatic carbocycles. The highest BCUT2D eigenvalue weighted by Crippen LogP contribution is 2.36. The fourth-order valence-corrected chi connectivity index (χ4v) is 2.50. The summed E-state index contributed by atoms with van der Waals surface area (Å²) in [5, 5.41) is 3.49. The van der Waals surface area contributed by atoms with Crippen LogP contribution < -0.4 is 14.8 Å². The maximum Gasteiger partial charge on any atom is 0.166 e. The van der Waals surface area contributed by atoms with Crippen LogP contribution in [-0.2, 0) is 11.3 Å². The molecule has 0 spiro atoms. The van der Waals surface area contributed by atoms with Crippen LogP contribution in [0.2, 0.25) is 0 Å². The SMILES string of the molecule is COCc1cc(C2CCCN2)cc(OC)c1OC. The van der Waals surface area contributed by atoms with Crippen LogP contribution in [0, 0.1) is 0 Å². The molecular weight excluding hydrogens is 230 g/mol. The minimum atomic E-state index is 0.417. The highest BCUT2D eigenvalue weighted by Gasteiger charge is 2.20. The Labute approximate surface area is 108 Å². The molecule has 1 aliphatic rings. The average molecular weight is 251 g/mol. The van der Waals surface area contributed by atoms with Crippen LogP contribution in [0.15, 0.2) is 12.1 Å². The van der Waals surface area contributed by atoms with Crippen molar-refractivity contribution in [3.05, 3.63) is 23.3 Å². The van der Waals surface area contributed by atoms with Crippen molar-refractivity contribution in [2.75, 3.05) is 27.9 Å². The fraction of sp³-hybridized carbons (Fsp3) is 0.571. The number of methoxy groups -OCH3 is 3. The normalized spacial score (nSPS) is 18.9. The molecule has 4 heteroatoms. The van der Waals surface area contributed by atoms with E-state index < -0.39 is 0 Å². The molecule has 0 saturated carbocycles. The van der Waals surface area contributed by atoms with Gasteiger partial charge in [-0.3, -0.25) is 0 Å². The van der Waals surface area contributed by atoms with E-state index in [0.29, 0.717) is 12.6 Å². The van der Waals surface area contributed by atoms with Crippen molar-refractivity contribution in [2.45, 2.75) is 25.5 Å². The van der Waals surface area contributed by atoms with E-state index in [4.69, 9.17) is 14.2 Å². The first-order valence-corrected chi connectivity index (χ1v) is 6.27. The summed E-state index contributed by atoms with van der Waals surface area (Å²) in [6.07, 6.45) is 2.39. The molecule has 1 N–H and O–H groups in total. The number of nitrogens with one attached hydrogen (secondary N) is 1. The number of hydrogen-bond donors (Lipinski definition) is 1. The summed E-state index contributed by atoms with van der Waals surface area (Å²) in [6, 6.07) is 4.62. The molecule has 0 amide bonds. The Bertz CT molecular complexity index is 400. The van der Waals surface area contributed by atoms with Gasteiger partial charge in [-0.25, -0.2) is 0 Å². The second kappa shape index (κ2) is 6.07. The van der Waals surface area contributed by atoms with E-state index in [1.807, 2.05) is 0 Å². The molecule has 1 aromatic rings. The Morgan fingerprint density at radius 2 is 2.06 bits per heavy atom. The molecule has 0 aromatic heterocycles. The van der Waals surface area contributed by atoms with Crippen molar-refractivity contribution in [3.63, 3.8) is 0 Å². The summed E-state index contributed by atoms with van der Waals surface area (Å²) in [6.45, 7) is 1.61. The molecule has 1 atom stereocenters. The lowest BCUT2D eigenvalue weighted by Gasteiger charge is -2.18. The first-order valence-electron chi connectivity index (χ1n) is 6.27. The monoisotopic (exact) mass is 251 g/mol. The zero-order valence-corrected chi connectivity index (χ0v) is 11.3. The van der Waals surface area contributed by atoms with Crippen molar-refractivity contribution in [1.29, 1.82) is 0 Å². The van der Waals surface area contributed by atoms with Crippen molar-refractivity contribution in [2.24, 2.45) is 0 Å². The van der Waals surface area contributed by atoms with E-state index in [1.54, 1.807) is 21.3 Å². The first kappa shape index (κ1) is 13.2. The van der Waals surface area contributed by atoms with Crippen LogP contribution in [0.4, 0.5) is 0 Å². The molecule has 18 heavy (non-hydrogen) atoms. The van der Waals surface area contributed by atoms with Gasteiger partial charge in [-0.05, 0) is 37.1 Å². The number of rotatable bonds is 5. The van der Waals surface area contributed by atoms with Crippen molar-refractivity contribution < 1.29 is 14.2 Å². The zero-order chi connectivity index (χ0) is 13.0. The van der Waals surface area contributed by atoms with Gasteiger partial charge in [-0.15, -0.1) is 0 Å². The van der Waals surface area contributed by atoms with Gasteiger partial charge < -0.3 is 19.5 Å². The van der Waals surface area contributed by atoms with Crippen molar-refractivity contribution in [3.8, 4) is 11.5 Å². The molecule has 0 bridgehead atoms. The predicted molar refractivity (Wildman–Crippen MR) is 70.2 cm³/mol. The van der Waals surface area contributed by atoms with E-state index in [9.17, 15) is 0 Å². The minimum Gasteiger partial charge on any atom is -0.493 e. The van der Waals surface area contributed by atoms with Crippen LogP contribution >= 0.6 is 0 Å². The smallest absolute Gasteiger partial charge is 0.166 e. The molecule has 2 rings (SSSR count). The number of ether oxygens (including phenoxy) is 3. The van der Waals surface area contributed by atoms with Crippen LogP contribution in [0.1, 0.15) is 30.0 Å². The topological polar surface area (TPSA) is 39.7 Å². The Morgan fingerprint density at radius 3 is 2.61 bits per heavy atom. The summed E-state index contributed by atoms with van der Waals surface area (Å²) in [5.74, 6) is 1.54. The summed E-state index contributed by atoms with van der Waals surface area (Å²) in [7, 11) is 5.01. The molecular formula is C14H21NO3. The van der Waals surface area contributed by atoms with Gasteiger partial charge in [0.2, 0.25) is 0 Å². The fourth-order valence-electron chi connectivity index (χ4n) is 2.50. The van der Waals surface area contributed by atoms with Gasteiger partial charge in [0.25, 0.3) is 0 Å². The third kappa shape index (κ3) is 2.60. The van der Waals surface area contributed by atoms with E-state index >= 15 is 0 Å². The largest absolute Gasteiger partial charge is 0.493 e. The van der Waals surface area contributed by atoms with Gasteiger partial charge in [0.05, 0.1) is 20.8 Å². The molecule has 4 nitrogen and oxygen atoms in total. The Hall–Kier alpha value is -1.26. The Kier molecular flexibility index (Phi) is 4.44. The lowest BCUT2D eigenvalue weighted by atomic mass is 10.0. The second-order valence-electron chi connectivity index (χ2n) is 4.50. The quantitative estimate of drug-likeness (QED) is 0.871. The molecule has 1 saturated heterocycles. The maximum atomic E-state index is 5.42. The highest BCUT2D eigenvalue weighted by molar-refractivity contribution is 5.50. The Balaban J connectivity index is 2.38. The average Bonchev–Trinajstić information content (AvgIpc) is 2.92. The van der Waals surface area contributed by atoms with Gasteiger partial charge >= 0.3 is 0 Å². The van der Waals surface area contributed by atoms with Gasteiger partial charge in [0.1, 0.15) is 0 Å². The van der Waals surface area contributed by atoms with Crippen molar-refractivity contribution in [1.82, 2.24) is 5.32 Å². The third-order valence-corrected chi connectivity index (χ3v) is 3.34. The molecule has 100 valence electrons. The lowest BCUT2D eigenvalue weighted by molar-refractivity contribution is 0.180. The van der Waals surface area contributed by atoms with Crippen LogP contribution in [0.3, 0.4) is 0 Å². The molecule has 1 unspecified atom stereocenters. The van der Waals surface area contributed by atoms with E-state index in [0.717, 1.165) is 23.6 Å². The van der Waals surface area contributed by atoms with Crippen LogP contribution in [-0.4, -0.2) is 27.9 Å². The van der Waals surface area contributed by atoms with Gasteiger partial charge in [-0.1, -0.05) is 0 Å². The van der Waals surface area contributed by atoms with E-state index in [2.05, 4.69) is 17.4 Å². The predicted octanol–water partition coefficient (Wildman–Crippen LogP) is 2.27. The summed E-state index contributed by atoms with van der Waals surface area (Å²) < 4.78 is 16.1. The van der Waals surface area contributed by atoms with Gasteiger partial charge in [-0.2, -0.15) is 0 Å². The zero-order valence-electron chi connectivity index (χ0n) is 11.3.